The fraction of sp³-hybridized carbons (Fsp3) is 0. The zero-order chi connectivity index (χ0) is 39.3. The van der Waals surface area contributed by atoms with Gasteiger partial charge in [-0.3, -0.25) is 0 Å². The predicted octanol–water partition coefficient (Wildman–Crippen LogP) is 14.1. The first-order valence-corrected chi connectivity index (χ1v) is 21.1. The molecule has 2 heterocycles. The van der Waals surface area contributed by atoms with E-state index in [-0.39, 0.29) is 0 Å². The summed E-state index contributed by atoms with van der Waals surface area (Å²) in [5.74, 6) is 0. The van der Waals surface area contributed by atoms with Gasteiger partial charge >= 0.3 is 0 Å². The van der Waals surface area contributed by atoms with Crippen molar-refractivity contribution in [3.63, 3.8) is 0 Å². The van der Waals surface area contributed by atoms with Crippen LogP contribution >= 0.6 is 0 Å². The summed E-state index contributed by atoms with van der Waals surface area (Å²) in [4.78, 5) is 0.698. The van der Waals surface area contributed by atoms with E-state index in [0.29, 0.717) is 10.6 Å². The van der Waals surface area contributed by atoms with E-state index in [0.717, 1.165) is 50.0 Å². The van der Waals surface area contributed by atoms with Gasteiger partial charge in [0.1, 0.15) is 0 Å². The van der Waals surface area contributed by atoms with Crippen LogP contribution in [-0.2, 0) is 10.6 Å². The number of rotatable bonds is 7. The summed E-state index contributed by atoms with van der Waals surface area (Å²) in [6, 6.07) is 73.9. The fourth-order valence-electron chi connectivity index (χ4n) is 8.83. The van der Waals surface area contributed by atoms with Gasteiger partial charge in [0.2, 0.25) is 0 Å². The summed E-state index contributed by atoms with van der Waals surface area (Å²) in [5.41, 5.74) is 11.5. The Kier molecular flexibility index (Phi) is 8.53. The Bertz CT molecular complexity index is 3500. The molecule has 0 saturated carbocycles. The number of aromatic nitrogens is 2. The molecule has 5 heteroatoms. The van der Waals surface area contributed by atoms with Crippen LogP contribution < -0.4 is 0 Å². The van der Waals surface area contributed by atoms with Crippen molar-refractivity contribution in [1.82, 2.24) is 9.13 Å². The van der Waals surface area contributed by atoms with Crippen molar-refractivity contribution in [2.75, 3.05) is 0 Å². The molecule has 0 fully saturated rings. The van der Waals surface area contributed by atoms with Crippen molar-refractivity contribution in [2.24, 2.45) is 4.36 Å². The second kappa shape index (κ2) is 14.5. The minimum Gasteiger partial charge on any atom is -0.313 e. The number of para-hydroxylation sites is 3. The molecule has 0 aliphatic heterocycles. The maximum atomic E-state index is 13.8. The lowest BCUT2D eigenvalue weighted by Crippen LogP contribution is -1.98. The minimum absolute atomic E-state index is 0.677. The normalized spacial score (nSPS) is 12.6. The standard InChI is InChI=1S/C54H37N3OS/c58-59(41-25-8-3-9-26-41)55-48-32-15-12-27-42(48)47(38-21-6-2-7-22-38)36-56-49-33-16-13-30-45(49)51-43-28-10-11-29-44(43)52-46-31-14-17-34-50(46)57(54(52)53(51)56)40-24-18-23-39(35-40)37-19-4-1-5-20-37/h1-36,59H/b47-36+. The quantitative estimate of drug-likeness (QED) is 0.161. The van der Waals surface area contributed by atoms with E-state index in [1.54, 1.807) is 0 Å². The van der Waals surface area contributed by atoms with Gasteiger partial charge in [0.25, 0.3) is 0 Å². The number of benzene rings is 9. The van der Waals surface area contributed by atoms with Crippen molar-refractivity contribution in [3.8, 4) is 16.8 Å². The van der Waals surface area contributed by atoms with E-state index in [2.05, 4.69) is 173 Å². The largest absolute Gasteiger partial charge is 0.313 e. The average Bonchev–Trinajstić information content (AvgIpc) is 3.83. The van der Waals surface area contributed by atoms with Crippen molar-refractivity contribution in [2.45, 2.75) is 4.90 Å². The Morgan fingerprint density at radius 2 is 1.02 bits per heavy atom. The Morgan fingerprint density at radius 1 is 0.475 bits per heavy atom. The first-order chi connectivity index (χ1) is 29.2. The smallest absolute Gasteiger partial charge is 0.0810 e. The maximum absolute atomic E-state index is 13.8. The van der Waals surface area contributed by atoms with Crippen LogP contribution in [0.1, 0.15) is 11.1 Å². The van der Waals surface area contributed by atoms with Crippen LogP contribution in [0.15, 0.2) is 222 Å². The first-order valence-electron chi connectivity index (χ1n) is 19.9. The highest BCUT2D eigenvalue weighted by Gasteiger charge is 2.24. The predicted molar refractivity (Wildman–Crippen MR) is 249 cm³/mol. The molecule has 0 spiro atoms. The van der Waals surface area contributed by atoms with Gasteiger partial charge in [0.05, 0.1) is 38.4 Å². The van der Waals surface area contributed by atoms with E-state index >= 15 is 0 Å². The molecule has 0 aliphatic carbocycles. The van der Waals surface area contributed by atoms with Crippen LogP contribution in [0.25, 0.3) is 83.0 Å². The lowest BCUT2D eigenvalue weighted by Gasteiger charge is -2.15. The highest BCUT2D eigenvalue weighted by Crippen LogP contribution is 2.47. The molecule has 4 nitrogen and oxygen atoms in total. The second-order valence-corrected chi connectivity index (χ2v) is 16.0. The number of nitrogens with zero attached hydrogens (tertiary/aromatic N) is 3. The second-order valence-electron chi connectivity index (χ2n) is 14.8. The Morgan fingerprint density at radius 3 is 1.75 bits per heavy atom. The van der Waals surface area contributed by atoms with Crippen LogP contribution in [0.2, 0.25) is 0 Å². The highest BCUT2D eigenvalue weighted by atomic mass is 32.2. The van der Waals surface area contributed by atoms with Crippen molar-refractivity contribution >= 4 is 82.4 Å². The van der Waals surface area contributed by atoms with E-state index in [1.807, 2.05) is 54.6 Å². The maximum Gasteiger partial charge on any atom is 0.0810 e. The van der Waals surface area contributed by atoms with E-state index in [1.165, 1.54) is 37.9 Å². The molecule has 0 bridgehead atoms. The molecule has 280 valence electrons. The molecule has 1 atom stereocenters. The van der Waals surface area contributed by atoms with E-state index < -0.39 is 10.6 Å². The Hall–Kier alpha value is -7.47. The van der Waals surface area contributed by atoms with Crippen LogP contribution in [0, 0.1) is 0 Å². The Balaban J connectivity index is 1.30. The van der Waals surface area contributed by atoms with Gasteiger partial charge in [-0.15, -0.1) is 0 Å². The van der Waals surface area contributed by atoms with Gasteiger partial charge in [-0.1, -0.05) is 170 Å². The summed E-state index contributed by atoms with van der Waals surface area (Å²) in [6.45, 7) is 0. The summed E-state index contributed by atoms with van der Waals surface area (Å²) >= 11 is 0. The third-order valence-corrected chi connectivity index (χ3v) is 12.5. The molecule has 11 aromatic rings. The van der Waals surface area contributed by atoms with Crippen LogP contribution in [0.4, 0.5) is 5.69 Å². The SMILES string of the molecule is O=[SH](=N\c1ccccc1/C(=C/n1c2ccccc2c2c3ccccc3c3c4ccccc4n(-c4cccc(-c5ccccc5)c4)c3c21)c1ccccc1)/c1ccccc1. The molecular weight excluding hydrogens is 739 g/mol. The summed E-state index contributed by atoms with van der Waals surface area (Å²) in [5, 5.41) is 7.19. The third kappa shape index (κ3) is 5.86. The lowest BCUT2D eigenvalue weighted by molar-refractivity contribution is 0.688. The molecule has 2 aromatic heterocycles. The zero-order valence-electron chi connectivity index (χ0n) is 32.0. The number of fused-ring (bicyclic) bond motifs is 10. The van der Waals surface area contributed by atoms with Gasteiger partial charge in [0.15, 0.2) is 0 Å². The summed E-state index contributed by atoms with van der Waals surface area (Å²) in [7, 11) is -2.04. The van der Waals surface area contributed by atoms with Crippen LogP contribution in [-0.4, -0.2) is 13.3 Å². The van der Waals surface area contributed by atoms with Gasteiger partial charge < -0.3 is 9.13 Å². The number of hydrogen-bond donors (Lipinski definition) is 1. The topological polar surface area (TPSA) is 39.3 Å². The molecule has 0 radical (unpaired) electrons. The molecule has 59 heavy (non-hydrogen) atoms. The number of thiol groups is 1. The molecule has 0 N–H and O–H groups in total. The van der Waals surface area contributed by atoms with E-state index in [9.17, 15) is 4.21 Å². The van der Waals surface area contributed by atoms with Crippen molar-refractivity contribution in [1.29, 1.82) is 0 Å². The first kappa shape index (κ1) is 34.8. The van der Waals surface area contributed by atoms with Crippen molar-refractivity contribution < 1.29 is 4.21 Å². The molecule has 0 amide bonds. The van der Waals surface area contributed by atoms with Crippen LogP contribution in [0.5, 0.6) is 0 Å². The molecule has 0 aliphatic rings. The molecule has 0 saturated heterocycles. The van der Waals surface area contributed by atoms with E-state index in [4.69, 9.17) is 4.36 Å². The van der Waals surface area contributed by atoms with Gasteiger partial charge in [-0.25, -0.2) is 4.21 Å². The van der Waals surface area contributed by atoms with Crippen molar-refractivity contribution in [3.05, 3.63) is 223 Å². The molecule has 11 rings (SSSR count). The minimum atomic E-state index is -2.04. The number of hydrogen-bond acceptors (Lipinski definition) is 2. The van der Waals surface area contributed by atoms with Gasteiger partial charge in [0, 0.05) is 49.5 Å². The average molecular weight is 776 g/mol. The lowest BCUT2D eigenvalue weighted by atomic mass is 9.97. The molecule has 9 aromatic carbocycles. The zero-order valence-corrected chi connectivity index (χ0v) is 32.9. The summed E-state index contributed by atoms with van der Waals surface area (Å²) in [6.07, 6.45) is 2.28. The fourth-order valence-corrected chi connectivity index (χ4v) is 9.74. The third-order valence-electron chi connectivity index (χ3n) is 11.4. The van der Waals surface area contributed by atoms with Crippen LogP contribution in [0.3, 0.4) is 0 Å². The van der Waals surface area contributed by atoms with Gasteiger partial charge in [-0.2, -0.15) is 4.36 Å². The molecule has 1 unspecified atom stereocenters. The molecular formula is C54H37N3OS. The Labute approximate surface area is 343 Å². The van der Waals surface area contributed by atoms with Gasteiger partial charge in [-0.05, 0) is 69.9 Å². The highest BCUT2D eigenvalue weighted by molar-refractivity contribution is 7.75. The monoisotopic (exact) mass is 775 g/mol. The summed E-state index contributed by atoms with van der Waals surface area (Å²) < 4.78 is 23.5.